The van der Waals surface area contributed by atoms with Crippen LogP contribution in [0.2, 0.25) is 0 Å². The number of phenols is 1. The van der Waals surface area contributed by atoms with E-state index >= 15 is 0 Å². The lowest BCUT2D eigenvalue weighted by molar-refractivity contribution is 0.0745. The summed E-state index contributed by atoms with van der Waals surface area (Å²) >= 11 is 0. The number of ether oxygens (including phenoxy) is 1. The molecule has 0 fully saturated rings. The second-order valence-corrected chi connectivity index (χ2v) is 6.24. The fourth-order valence-corrected chi connectivity index (χ4v) is 3.09. The van der Waals surface area contributed by atoms with Crippen LogP contribution >= 0.6 is 0 Å². The van der Waals surface area contributed by atoms with Crippen LogP contribution in [0.4, 0.5) is 0 Å². The summed E-state index contributed by atoms with van der Waals surface area (Å²) in [7, 11) is 0. The van der Waals surface area contributed by atoms with Crippen molar-refractivity contribution in [3.8, 4) is 22.6 Å². The van der Waals surface area contributed by atoms with Crippen molar-refractivity contribution in [1.29, 1.82) is 0 Å². The molecular formula is C18H20O2. The molecule has 1 atom stereocenters. The SMILES string of the molecule is CC1CC(C)(C)Oc2cc(-c3ccccc3)c(O)cc21. The standard InChI is InChI=1S/C18H20O2/c1-12-11-18(2,3)20-17-10-15(16(19)9-14(12)17)13-7-5-4-6-8-13/h4-10,12,19H,11H2,1-3H3. The Balaban J connectivity index is 2.12. The number of benzene rings is 2. The maximum atomic E-state index is 10.3. The van der Waals surface area contributed by atoms with E-state index in [4.69, 9.17) is 4.74 Å². The third-order valence-corrected chi connectivity index (χ3v) is 3.93. The molecule has 2 heteroatoms. The third kappa shape index (κ3) is 2.26. The van der Waals surface area contributed by atoms with E-state index in [1.807, 2.05) is 42.5 Å². The van der Waals surface area contributed by atoms with Crippen molar-refractivity contribution in [2.45, 2.75) is 38.7 Å². The molecule has 1 unspecified atom stereocenters. The van der Waals surface area contributed by atoms with Gasteiger partial charge in [-0.1, -0.05) is 37.3 Å². The zero-order valence-corrected chi connectivity index (χ0v) is 12.2. The van der Waals surface area contributed by atoms with E-state index in [2.05, 4.69) is 20.8 Å². The lowest BCUT2D eigenvalue weighted by atomic mass is 9.84. The van der Waals surface area contributed by atoms with Gasteiger partial charge < -0.3 is 9.84 Å². The second-order valence-electron chi connectivity index (χ2n) is 6.24. The average molecular weight is 268 g/mol. The summed E-state index contributed by atoms with van der Waals surface area (Å²) in [6, 6.07) is 13.7. The summed E-state index contributed by atoms with van der Waals surface area (Å²) < 4.78 is 6.10. The number of hydrogen-bond donors (Lipinski definition) is 1. The molecule has 2 aromatic rings. The Morgan fingerprint density at radius 2 is 1.85 bits per heavy atom. The molecule has 3 rings (SSSR count). The van der Waals surface area contributed by atoms with Gasteiger partial charge >= 0.3 is 0 Å². The lowest BCUT2D eigenvalue weighted by Crippen LogP contribution is -2.34. The Morgan fingerprint density at radius 1 is 1.15 bits per heavy atom. The number of fused-ring (bicyclic) bond motifs is 1. The molecule has 1 heterocycles. The first-order valence-corrected chi connectivity index (χ1v) is 7.08. The molecule has 20 heavy (non-hydrogen) atoms. The molecule has 0 saturated heterocycles. The molecular weight excluding hydrogens is 248 g/mol. The van der Waals surface area contributed by atoms with Crippen LogP contribution in [0.3, 0.4) is 0 Å². The van der Waals surface area contributed by atoms with Gasteiger partial charge in [0.15, 0.2) is 0 Å². The molecule has 2 aromatic carbocycles. The highest BCUT2D eigenvalue weighted by Crippen LogP contribution is 2.45. The van der Waals surface area contributed by atoms with E-state index < -0.39 is 0 Å². The molecule has 0 bridgehead atoms. The summed E-state index contributed by atoms with van der Waals surface area (Å²) in [5.41, 5.74) is 2.78. The zero-order chi connectivity index (χ0) is 14.3. The lowest BCUT2D eigenvalue weighted by Gasteiger charge is -2.36. The van der Waals surface area contributed by atoms with Gasteiger partial charge in [-0.05, 0) is 43.9 Å². The first-order valence-electron chi connectivity index (χ1n) is 7.08. The minimum absolute atomic E-state index is 0.155. The predicted molar refractivity (Wildman–Crippen MR) is 81.3 cm³/mol. The molecule has 1 aliphatic heterocycles. The van der Waals surface area contributed by atoms with Gasteiger partial charge in [-0.3, -0.25) is 0 Å². The first kappa shape index (κ1) is 13.0. The molecule has 0 aliphatic carbocycles. The zero-order valence-electron chi connectivity index (χ0n) is 12.2. The summed E-state index contributed by atoms with van der Waals surface area (Å²) in [4.78, 5) is 0. The largest absolute Gasteiger partial charge is 0.507 e. The number of phenolic OH excluding ortho intramolecular Hbond substituents is 1. The van der Waals surface area contributed by atoms with Gasteiger partial charge in [0, 0.05) is 11.1 Å². The predicted octanol–water partition coefficient (Wildman–Crippen LogP) is 4.72. The average Bonchev–Trinajstić information content (AvgIpc) is 2.39. The fourth-order valence-electron chi connectivity index (χ4n) is 3.09. The van der Waals surface area contributed by atoms with E-state index in [0.717, 1.165) is 28.9 Å². The van der Waals surface area contributed by atoms with Crippen LogP contribution in [0.25, 0.3) is 11.1 Å². The minimum atomic E-state index is -0.155. The van der Waals surface area contributed by atoms with Crippen LogP contribution in [-0.2, 0) is 0 Å². The van der Waals surface area contributed by atoms with E-state index in [0.29, 0.717) is 11.7 Å². The van der Waals surface area contributed by atoms with Crippen molar-refractivity contribution in [3.63, 3.8) is 0 Å². The topological polar surface area (TPSA) is 29.5 Å². The Bertz CT molecular complexity index is 629. The van der Waals surface area contributed by atoms with Crippen LogP contribution < -0.4 is 4.74 Å². The van der Waals surface area contributed by atoms with Gasteiger partial charge in [-0.2, -0.15) is 0 Å². The van der Waals surface area contributed by atoms with E-state index in [9.17, 15) is 5.11 Å². The highest BCUT2D eigenvalue weighted by molar-refractivity contribution is 5.73. The first-order chi connectivity index (χ1) is 9.46. The van der Waals surface area contributed by atoms with Crippen LogP contribution in [0, 0.1) is 0 Å². The van der Waals surface area contributed by atoms with E-state index in [1.165, 1.54) is 0 Å². The number of rotatable bonds is 1. The molecule has 0 spiro atoms. The highest BCUT2D eigenvalue weighted by atomic mass is 16.5. The van der Waals surface area contributed by atoms with E-state index in [-0.39, 0.29) is 5.60 Å². The molecule has 0 saturated carbocycles. The monoisotopic (exact) mass is 268 g/mol. The van der Waals surface area contributed by atoms with Crippen molar-refractivity contribution < 1.29 is 9.84 Å². The summed E-state index contributed by atoms with van der Waals surface area (Å²) in [5.74, 6) is 1.61. The second kappa shape index (κ2) is 4.55. The number of hydrogen-bond acceptors (Lipinski definition) is 2. The molecule has 1 N–H and O–H groups in total. The van der Waals surface area contributed by atoms with Crippen molar-refractivity contribution in [2.24, 2.45) is 0 Å². The summed E-state index contributed by atoms with van der Waals surface area (Å²) in [6.45, 7) is 6.41. The smallest absolute Gasteiger partial charge is 0.124 e. The van der Waals surface area contributed by atoms with Gasteiger partial charge in [0.05, 0.1) is 0 Å². The molecule has 0 amide bonds. The van der Waals surface area contributed by atoms with Crippen molar-refractivity contribution >= 4 is 0 Å². The molecule has 1 aliphatic rings. The minimum Gasteiger partial charge on any atom is -0.507 e. The Kier molecular flexibility index (Phi) is 2.97. The molecule has 104 valence electrons. The van der Waals surface area contributed by atoms with Gasteiger partial charge in [-0.15, -0.1) is 0 Å². The molecule has 0 radical (unpaired) electrons. The third-order valence-electron chi connectivity index (χ3n) is 3.93. The van der Waals surface area contributed by atoms with E-state index in [1.54, 1.807) is 0 Å². The van der Waals surface area contributed by atoms with Gasteiger partial charge in [-0.25, -0.2) is 0 Å². The van der Waals surface area contributed by atoms with Crippen molar-refractivity contribution in [1.82, 2.24) is 0 Å². The summed E-state index contributed by atoms with van der Waals surface area (Å²) in [5, 5.41) is 10.3. The van der Waals surface area contributed by atoms with Gasteiger partial charge in [0.25, 0.3) is 0 Å². The molecule has 2 nitrogen and oxygen atoms in total. The molecule has 0 aromatic heterocycles. The van der Waals surface area contributed by atoms with Crippen molar-refractivity contribution in [3.05, 3.63) is 48.0 Å². The highest BCUT2D eigenvalue weighted by Gasteiger charge is 2.32. The van der Waals surface area contributed by atoms with Gasteiger partial charge in [0.2, 0.25) is 0 Å². The van der Waals surface area contributed by atoms with Gasteiger partial charge in [0.1, 0.15) is 17.1 Å². The Labute approximate surface area is 120 Å². The fraction of sp³-hybridized carbons (Fsp3) is 0.333. The van der Waals surface area contributed by atoms with Crippen molar-refractivity contribution in [2.75, 3.05) is 0 Å². The van der Waals surface area contributed by atoms with Crippen LogP contribution in [-0.4, -0.2) is 10.7 Å². The van der Waals surface area contributed by atoms with Crippen LogP contribution in [0.15, 0.2) is 42.5 Å². The van der Waals surface area contributed by atoms with Crippen LogP contribution in [0.1, 0.15) is 38.7 Å². The number of aromatic hydroxyl groups is 1. The maximum absolute atomic E-state index is 10.3. The normalized spacial score (nSPS) is 20.1. The summed E-state index contributed by atoms with van der Waals surface area (Å²) in [6.07, 6.45) is 0.962. The van der Waals surface area contributed by atoms with Crippen LogP contribution in [0.5, 0.6) is 11.5 Å². The Morgan fingerprint density at radius 3 is 2.55 bits per heavy atom. The quantitative estimate of drug-likeness (QED) is 0.810. The maximum Gasteiger partial charge on any atom is 0.124 e. The Hall–Kier alpha value is -1.96.